The third-order valence-electron chi connectivity index (χ3n) is 7.41. The molecule has 38 heavy (non-hydrogen) atoms. The van der Waals surface area contributed by atoms with E-state index in [0.29, 0.717) is 23.5 Å². The highest BCUT2D eigenvalue weighted by Crippen LogP contribution is 2.28. The first-order valence-corrected chi connectivity index (χ1v) is 12.7. The molecule has 192 valence electrons. The number of aromatic nitrogens is 3. The van der Waals surface area contributed by atoms with Gasteiger partial charge in [0.2, 0.25) is 0 Å². The summed E-state index contributed by atoms with van der Waals surface area (Å²) in [5.41, 5.74) is 14.7. The normalized spacial score (nSPS) is 14.3. The van der Waals surface area contributed by atoms with Crippen LogP contribution in [-0.2, 0) is 6.54 Å². The standard InChI is InChI=1S/C29H29N7O2/c1-18-19(2)31-24-11-10-21(16-23(24)27(18)30)32-29(37)22-7-4-3-6-20(22)17-35-12-14-36(15-13-35)26-9-5-8-25-28(26)34-38-33-25/h3-11,16H,12-15,17H2,1-2H3,(H2,30,31)(H,32,37). The zero-order chi connectivity index (χ0) is 26.2. The Morgan fingerprint density at radius 1 is 0.974 bits per heavy atom. The van der Waals surface area contributed by atoms with Crippen molar-refractivity contribution in [2.24, 2.45) is 0 Å². The maximum absolute atomic E-state index is 13.3. The Labute approximate surface area is 220 Å². The number of carbonyl (C=O) groups excluding carboxylic acids is 1. The monoisotopic (exact) mass is 507 g/mol. The summed E-state index contributed by atoms with van der Waals surface area (Å²) < 4.78 is 4.93. The van der Waals surface area contributed by atoms with E-state index in [1.165, 1.54) is 0 Å². The van der Waals surface area contributed by atoms with E-state index < -0.39 is 0 Å². The number of rotatable bonds is 5. The molecule has 3 N–H and O–H groups in total. The molecule has 9 nitrogen and oxygen atoms in total. The van der Waals surface area contributed by atoms with Crippen LogP contribution in [0.5, 0.6) is 0 Å². The van der Waals surface area contributed by atoms with Crippen molar-refractivity contribution in [2.75, 3.05) is 42.1 Å². The molecule has 5 aromatic rings. The Bertz CT molecular complexity index is 1650. The average Bonchev–Trinajstić information content (AvgIpc) is 3.42. The maximum atomic E-state index is 13.3. The lowest BCUT2D eigenvalue weighted by atomic mass is 10.0. The van der Waals surface area contributed by atoms with E-state index in [4.69, 9.17) is 10.4 Å². The number of piperazine rings is 1. The Morgan fingerprint density at radius 2 is 1.79 bits per heavy atom. The lowest BCUT2D eigenvalue weighted by molar-refractivity contribution is 0.102. The first-order chi connectivity index (χ1) is 18.5. The zero-order valence-electron chi connectivity index (χ0n) is 21.4. The summed E-state index contributed by atoms with van der Waals surface area (Å²) in [4.78, 5) is 22.6. The van der Waals surface area contributed by atoms with Crippen LogP contribution in [0.3, 0.4) is 0 Å². The van der Waals surface area contributed by atoms with Gasteiger partial charge >= 0.3 is 0 Å². The molecule has 1 saturated heterocycles. The average molecular weight is 508 g/mol. The van der Waals surface area contributed by atoms with E-state index >= 15 is 0 Å². The number of anilines is 3. The summed E-state index contributed by atoms with van der Waals surface area (Å²) in [7, 11) is 0. The molecule has 1 aliphatic rings. The molecule has 1 aliphatic heterocycles. The number of pyridine rings is 1. The number of nitrogen functional groups attached to an aromatic ring is 1. The van der Waals surface area contributed by atoms with E-state index in [-0.39, 0.29) is 5.91 Å². The molecule has 0 radical (unpaired) electrons. The molecule has 9 heteroatoms. The van der Waals surface area contributed by atoms with Crippen molar-refractivity contribution in [1.29, 1.82) is 0 Å². The molecular weight excluding hydrogens is 478 g/mol. The number of fused-ring (bicyclic) bond motifs is 2. The van der Waals surface area contributed by atoms with Crippen molar-refractivity contribution in [3.8, 4) is 0 Å². The molecule has 1 amide bonds. The van der Waals surface area contributed by atoms with Crippen molar-refractivity contribution in [3.05, 3.63) is 83.0 Å². The summed E-state index contributed by atoms with van der Waals surface area (Å²) in [6.45, 7) is 8.05. The summed E-state index contributed by atoms with van der Waals surface area (Å²) in [5, 5.41) is 11.9. The smallest absolute Gasteiger partial charge is 0.255 e. The number of benzene rings is 3. The van der Waals surface area contributed by atoms with Crippen LogP contribution in [0.1, 0.15) is 27.2 Å². The van der Waals surface area contributed by atoms with Crippen molar-refractivity contribution >= 4 is 44.9 Å². The second-order valence-corrected chi connectivity index (χ2v) is 9.75. The lowest BCUT2D eigenvalue weighted by Gasteiger charge is -2.36. The Balaban J connectivity index is 1.15. The number of carbonyl (C=O) groups is 1. The van der Waals surface area contributed by atoms with E-state index in [0.717, 1.165) is 70.6 Å². The summed E-state index contributed by atoms with van der Waals surface area (Å²) >= 11 is 0. The van der Waals surface area contributed by atoms with Crippen LogP contribution in [0, 0.1) is 13.8 Å². The fourth-order valence-electron chi connectivity index (χ4n) is 5.10. The minimum Gasteiger partial charge on any atom is -0.398 e. The number of nitrogens with one attached hydrogen (secondary N) is 1. The molecule has 0 unspecified atom stereocenters. The van der Waals surface area contributed by atoms with Gasteiger partial charge in [-0.3, -0.25) is 14.7 Å². The fourth-order valence-corrected chi connectivity index (χ4v) is 5.10. The van der Waals surface area contributed by atoms with Crippen molar-refractivity contribution < 1.29 is 9.42 Å². The highest BCUT2D eigenvalue weighted by Gasteiger charge is 2.22. The summed E-state index contributed by atoms with van der Waals surface area (Å²) in [6, 6.07) is 19.4. The second-order valence-electron chi connectivity index (χ2n) is 9.75. The Kier molecular flexibility index (Phi) is 6.13. The zero-order valence-corrected chi connectivity index (χ0v) is 21.4. The van der Waals surface area contributed by atoms with Crippen LogP contribution < -0.4 is 16.0 Å². The number of nitrogens with zero attached hydrogens (tertiary/aromatic N) is 5. The summed E-state index contributed by atoms with van der Waals surface area (Å²) in [5.74, 6) is -0.140. The fraction of sp³-hybridized carbons (Fsp3) is 0.241. The van der Waals surface area contributed by atoms with E-state index in [9.17, 15) is 4.79 Å². The van der Waals surface area contributed by atoms with E-state index in [2.05, 4.69) is 36.5 Å². The predicted molar refractivity (Wildman–Crippen MR) is 149 cm³/mol. The molecule has 2 aromatic heterocycles. The molecule has 0 spiro atoms. The molecule has 1 fully saturated rings. The molecule has 0 aliphatic carbocycles. The van der Waals surface area contributed by atoms with Gasteiger partial charge in [-0.15, -0.1) is 0 Å². The van der Waals surface area contributed by atoms with Gasteiger partial charge in [0.15, 0.2) is 5.52 Å². The van der Waals surface area contributed by atoms with Crippen LogP contribution in [0.25, 0.3) is 21.9 Å². The molecule has 3 heterocycles. The minimum atomic E-state index is -0.140. The first kappa shape index (κ1) is 23.9. The van der Waals surface area contributed by atoms with Crippen LogP contribution >= 0.6 is 0 Å². The molecular formula is C29H29N7O2. The number of aryl methyl sites for hydroxylation is 1. The van der Waals surface area contributed by atoms with Gasteiger partial charge in [0, 0.05) is 60.7 Å². The van der Waals surface area contributed by atoms with E-state index in [1.54, 1.807) is 0 Å². The number of hydrogen-bond acceptors (Lipinski definition) is 8. The van der Waals surface area contributed by atoms with Crippen LogP contribution in [0.2, 0.25) is 0 Å². The lowest BCUT2D eigenvalue weighted by Crippen LogP contribution is -2.46. The number of hydrogen-bond donors (Lipinski definition) is 2. The van der Waals surface area contributed by atoms with Gasteiger partial charge in [0.25, 0.3) is 5.91 Å². The summed E-state index contributed by atoms with van der Waals surface area (Å²) in [6.07, 6.45) is 0. The third kappa shape index (κ3) is 4.41. The van der Waals surface area contributed by atoms with Gasteiger partial charge in [-0.2, -0.15) is 0 Å². The van der Waals surface area contributed by atoms with Gasteiger partial charge in [-0.05, 0) is 71.7 Å². The SMILES string of the molecule is Cc1nc2ccc(NC(=O)c3ccccc3CN3CCN(c4cccc5nonc45)CC3)cc2c(N)c1C. The van der Waals surface area contributed by atoms with E-state index in [1.807, 2.05) is 68.4 Å². The molecule has 0 bridgehead atoms. The van der Waals surface area contributed by atoms with Crippen molar-refractivity contribution in [1.82, 2.24) is 20.2 Å². The van der Waals surface area contributed by atoms with Gasteiger partial charge in [0.1, 0.15) is 5.52 Å². The molecule has 0 saturated carbocycles. The third-order valence-corrected chi connectivity index (χ3v) is 7.41. The second kappa shape index (κ2) is 9.75. The van der Waals surface area contributed by atoms with Gasteiger partial charge in [-0.1, -0.05) is 24.3 Å². The highest BCUT2D eigenvalue weighted by atomic mass is 16.6. The minimum absolute atomic E-state index is 0.140. The van der Waals surface area contributed by atoms with Crippen molar-refractivity contribution in [3.63, 3.8) is 0 Å². The van der Waals surface area contributed by atoms with Crippen molar-refractivity contribution in [2.45, 2.75) is 20.4 Å². The Hall–Kier alpha value is -4.50. The highest BCUT2D eigenvalue weighted by molar-refractivity contribution is 6.06. The maximum Gasteiger partial charge on any atom is 0.255 e. The van der Waals surface area contributed by atoms with Gasteiger partial charge in [0.05, 0.1) is 11.2 Å². The van der Waals surface area contributed by atoms with Crippen LogP contribution in [-0.4, -0.2) is 52.3 Å². The molecule has 6 rings (SSSR count). The molecule has 0 atom stereocenters. The largest absolute Gasteiger partial charge is 0.398 e. The quantitative estimate of drug-likeness (QED) is 0.356. The Morgan fingerprint density at radius 3 is 2.63 bits per heavy atom. The van der Waals surface area contributed by atoms with Crippen LogP contribution in [0.15, 0.2) is 65.3 Å². The van der Waals surface area contributed by atoms with Gasteiger partial charge in [-0.25, -0.2) is 4.63 Å². The number of nitrogens with two attached hydrogens (primary N) is 1. The predicted octanol–water partition coefficient (Wildman–Crippen LogP) is 4.54. The van der Waals surface area contributed by atoms with Crippen LogP contribution in [0.4, 0.5) is 17.1 Å². The molecule has 3 aromatic carbocycles. The van der Waals surface area contributed by atoms with Gasteiger partial charge < -0.3 is 16.0 Å². The number of amides is 1. The first-order valence-electron chi connectivity index (χ1n) is 12.7. The topological polar surface area (TPSA) is 113 Å².